The van der Waals surface area contributed by atoms with Gasteiger partial charge in [-0.3, -0.25) is 4.79 Å². The molecule has 0 spiro atoms. The minimum Gasteiger partial charge on any atom is -0.343 e. The van der Waals surface area contributed by atoms with Crippen molar-refractivity contribution in [3.63, 3.8) is 0 Å². The van der Waals surface area contributed by atoms with Gasteiger partial charge >= 0.3 is 0 Å². The second kappa shape index (κ2) is 7.13. The molecule has 1 saturated heterocycles. The van der Waals surface area contributed by atoms with E-state index in [1.54, 1.807) is 0 Å². The highest BCUT2D eigenvalue weighted by atomic mass is 16.2. The number of carbonyl (C=O) groups is 1. The van der Waals surface area contributed by atoms with E-state index in [9.17, 15) is 4.79 Å². The van der Waals surface area contributed by atoms with Crippen molar-refractivity contribution < 1.29 is 4.79 Å². The van der Waals surface area contributed by atoms with Gasteiger partial charge in [0.15, 0.2) is 0 Å². The molecule has 1 unspecified atom stereocenters. The summed E-state index contributed by atoms with van der Waals surface area (Å²) < 4.78 is 0. The van der Waals surface area contributed by atoms with E-state index in [0.717, 1.165) is 39.0 Å². The van der Waals surface area contributed by atoms with Crippen LogP contribution in [-0.2, 0) is 4.79 Å². The molecule has 106 valence electrons. The predicted octanol–water partition coefficient (Wildman–Crippen LogP) is 2.66. The van der Waals surface area contributed by atoms with Crippen LogP contribution in [0.15, 0.2) is 0 Å². The largest absolute Gasteiger partial charge is 0.343 e. The van der Waals surface area contributed by atoms with Gasteiger partial charge in [-0.1, -0.05) is 27.2 Å². The molecular weight excluding hydrogens is 224 g/mol. The van der Waals surface area contributed by atoms with Crippen LogP contribution in [0.25, 0.3) is 0 Å². The zero-order valence-corrected chi connectivity index (χ0v) is 12.6. The number of nitrogens with zero attached hydrogens (tertiary/aromatic N) is 1. The summed E-state index contributed by atoms with van der Waals surface area (Å²) in [5, 5.41) is 3.43. The Morgan fingerprint density at radius 2 is 2.11 bits per heavy atom. The highest BCUT2D eigenvalue weighted by Crippen LogP contribution is 2.33. The number of piperidine rings is 1. The lowest BCUT2D eigenvalue weighted by atomic mass is 9.74. The Labute approximate surface area is 112 Å². The minimum absolute atomic E-state index is 0.225. The Kier molecular flexibility index (Phi) is 6.13. The maximum atomic E-state index is 12.7. The van der Waals surface area contributed by atoms with Gasteiger partial charge in [0.1, 0.15) is 0 Å². The monoisotopic (exact) mass is 254 g/mol. The molecule has 0 aromatic carbocycles. The van der Waals surface area contributed by atoms with Crippen molar-refractivity contribution in [1.82, 2.24) is 10.2 Å². The first-order valence-electron chi connectivity index (χ1n) is 7.54. The maximum Gasteiger partial charge on any atom is 0.228 e. The van der Waals surface area contributed by atoms with Crippen molar-refractivity contribution in [1.29, 1.82) is 0 Å². The molecular formula is C15H30N2O. The van der Waals surface area contributed by atoms with E-state index in [4.69, 9.17) is 0 Å². The number of nitrogens with one attached hydrogen (secondary N) is 1. The summed E-state index contributed by atoms with van der Waals surface area (Å²) in [6.45, 7) is 12.4. The SMILES string of the molecule is CCCCN(CC)C(=O)C(C)(C)C1CCCNC1. The van der Waals surface area contributed by atoms with Crippen LogP contribution in [0.4, 0.5) is 0 Å². The van der Waals surface area contributed by atoms with E-state index >= 15 is 0 Å². The number of hydrogen-bond donors (Lipinski definition) is 1. The summed E-state index contributed by atoms with van der Waals surface area (Å²) in [7, 11) is 0. The van der Waals surface area contributed by atoms with Crippen LogP contribution in [-0.4, -0.2) is 37.0 Å². The van der Waals surface area contributed by atoms with Gasteiger partial charge in [-0.05, 0) is 45.2 Å². The molecule has 1 heterocycles. The van der Waals surface area contributed by atoms with E-state index in [-0.39, 0.29) is 5.41 Å². The van der Waals surface area contributed by atoms with Gasteiger partial charge in [-0.25, -0.2) is 0 Å². The number of amides is 1. The van der Waals surface area contributed by atoms with E-state index in [1.165, 1.54) is 12.8 Å². The molecule has 1 rings (SSSR count). The standard InChI is InChI=1S/C15H30N2O/c1-5-7-11-17(6-2)14(18)15(3,4)13-9-8-10-16-12-13/h13,16H,5-12H2,1-4H3. The first-order valence-corrected chi connectivity index (χ1v) is 7.54. The molecule has 0 aromatic heterocycles. The van der Waals surface area contributed by atoms with Crippen molar-refractivity contribution in [3.8, 4) is 0 Å². The molecule has 3 nitrogen and oxygen atoms in total. The smallest absolute Gasteiger partial charge is 0.228 e. The molecule has 0 saturated carbocycles. The van der Waals surface area contributed by atoms with Crippen LogP contribution < -0.4 is 5.32 Å². The van der Waals surface area contributed by atoms with Crippen LogP contribution in [0.3, 0.4) is 0 Å². The Hall–Kier alpha value is -0.570. The maximum absolute atomic E-state index is 12.7. The topological polar surface area (TPSA) is 32.3 Å². The van der Waals surface area contributed by atoms with Crippen molar-refractivity contribution >= 4 is 5.91 Å². The molecule has 3 heteroatoms. The highest BCUT2D eigenvalue weighted by molar-refractivity contribution is 5.82. The predicted molar refractivity (Wildman–Crippen MR) is 76.5 cm³/mol. The summed E-state index contributed by atoms with van der Waals surface area (Å²) in [5.74, 6) is 0.821. The molecule has 1 aliphatic rings. The number of carbonyl (C=O) groups excluding carboxylic acids is 1. The average molecular weight is 254 g/mol. The number of hydrogen-bond acceptors (Lipinski definition) is 2. The summed E-state index contributed by atoms with van der Waals surface area (Å²) in [4.78, 5) is 14.7. The van der Waals surface area contributed by atoms with Gasteiger partial charge < -0.3 is 10.2 Å². The Morgan fingerprint density at radius 1 is 1.39 bits per heavy atom. The quantitative estimate of drug-likeness (QED) is 0.790. The van der Waals surface area contributed by atoms with E-state index in [2.05, 4.69) is 33.0 Å². The Morgan fingerprint density at radius 3 is 2.61 bits per heavy atom. The first-order chi connectivity index (χ1) is 8.54. The van der Waals surface area contributed by atoms with Crippen molar-refractivity contribution in [2.45, 2.75) is 53.4 Å². The molecule has 0 aromatic rings. The first kappa shape index (κ1) is 15.5. The fourth-order valence-electron chi connectivity index (χ4n) is 2.80. The molecule has 0 bridgehead atoms. The van der Waals surface area contributed by atoms with Crippen LogP contribution in [0, 0.1) is 11.3 Å². The van der Waals surface area contributed by atoms with Crippen molar-refractivity contribution in [2.24, 2.45) is 11.3 Å². The van der Waals surface area contributed by atoms with E-state index < -0.39 is 0 Å². The second-order valence-corrected chi connectivity index (χ2v) is 6.00. The molecule has 18 heavy (non-hydrogen) atoms. The third kappa shape index (κ3) is 3.71. The Balaban J connectivity index is 2.65. The van der Waals surface area contributed by atoms with Crippen LogP contribution >= 0.6 is 0 Å². The summed E-state index contributed by atoms with van der Waals surface area (Å²) in [6, 6.07) is 0. The highest BCUT2D eigenvalue weighted by Gasteiger charge is 2.39. The lowest BCUT2D eigenvalue weighted by molar-refractivity contribution is -0.143. The molecule has 1 N–H and O–H groups in total. The number of unbranched alkanes of at least 4 members (excludes halogenated alkanes) is 1. The lowest BCUT2D eigenvalue weighted by Gasteiger charge is -2.39. The molecule has 1 aliphatic heterocycles. The second-order valence-electron chi connectivity index (χ2n) is 6.00. The van der Waals surface area contributed by atoms with Gasteiger partial charge in [0.25, 0.3) is 0 Å². The summed E-state index contributed by atoms with van der Waals surface area (Å²) >= 11 is 0. The van der Waals surface area contributed by atoms with E-state index in [0.29, 0.717) is 11.8 Å². The third-order valence-electron chi connectivity index (χ3n) is 4.32. The van der Waals surface area contributed by atoms with Gasteiger partial charge in [0, 0.05) is 18.5 Å². The van der Waals surface area contributed by atoms with Crippen LogP contribution in [0.1, 0.15) is 53.4 Å². The number of rotatable bonds is 6. The molecule has 1 atom stereocenters. The van der Waals surface area contributed by atoms with Crippen molar-refractivity contribution in [3.05, 3.63) is 0 Å². The molecule has 1 fully saturated rings. The molecule has 0 aliphatic carbocycles. The lowest BCUT2D eigenvalue weighted by Crippen LogP contribution is -2.49. The minimum atomic E-state index is -0.225. The van der Waals surface area contributed by atoms with Crippen LogP contribution in [0.5, 0.6) is 0 Å². The van der Waals surface area contributed by atoms with Gasteiger partial charge in [-0.2, -0.15) is 0 Å². The van der Waals surface area contributed by atoms with E-state index in [1.807, 2.05) is 4.90 Å². The summed E-state index contributed by atoms with van der Waals surface area (Å²) in [5.41, 5.74) is -0.225. The van der Waals surface area contributed by atoms with Gasteiger partial charge in [0.05, 0.1) is 0 Å². The zero-order valence-electron chi connectivity index (χ0n) is 12.6. The molecule has 1 amide bonds. The van der Waals surface area contributed by atoms with Crippen LogP contribution in [0.2, 0.25) is 0 Å². The van der Waals surface area contributed by atoms with Crippen molar-refractivity contribution in [2.75, 3.05) is 26.2 Å². The van der Waals surface area contributed by atoms with Gasteiger partial charge in [-0.15, -0.1) is 0 Å². The third-order valence-corrected chi connectivity index (χ3v) is 4.32. The fourth-order valence-corrected chi connectivity index (χ4v) is 2.80. The summed E-state index contributed by atoms with van der Waals surface area (Å²) in [6.07, 6.45) is 4.63. The average Bonchev–Trinajstić information content (AvgIpc) is 2.40. The zero-order chi connectivity index (χ0) is 13.6. The Bertz CT molecular complexity index is 257. The normalized spacial score (nSPS) is 20.8. The molecule has 0 radical (unpaired) electrons. The van der Waals surface area contributed by atoms with Gasteiger partial charge in [0.2, 0.25) is 5.91 Å². The fraction of sp³-hybridized carbons (Fsp3) is 0.933.